The van der Waals surface area contributed by atoms with Crippen LogP contribution in [0, 0.1) is 0 Å². The van der Waals surface area contributed by atoms with Crippen molar-refractivity contribution in [2.24, 2.45) is 0 Å². The molecule has 0 fully saturated rings. The number of hydrogen-bond donors (Lipinski definition) is 3. The molecule has 1 atom stereocenters. The van der Waals surface area contributed by atoms with E-state index in [2.05, 4.69) is 17.9 Å². The number of rotatable bonds is 7. The third-order valence-corrected chi connectivity index (χ3v) is 1.61. The monoisotopic (exact) mass is 207 g/mol. The van der Waals surface area contributed by atoms with Crippen molar-refractivity contribution in [3.05, 3.63) is 0 Å². The molecule has 0 heterocycles. The molecule has 0 aromatic carbocycles. The highest BCUT2D eigenvalue weighted by Gasteiger charge is 2.05. The number of aliphatic hydroxyl groups is 1. The fourth-order valence-electron chi connectivity index (χ4n) is 0.700. The van der Waals surface area contributed by atoms with Gasteiger partial charge < -0.3 is 15.2 Å². The fourth-order valence-corrected chi connectivity index (χ4v) is 0.791. The van der Waals surface area contributed by atoms with Crippen LogP contribution >= 0.6 is 12.6 Å². The summed E-state index contributed by atoms with van der Waals surface area (Å²) >= 11 is 3.98. The fraction of sp³-hybridized carbons (Fsp3) is 0.875. The maximum atomic E-state index is 11.0. The number of ether oxygens (including phenoxy) is 1. The third-order valence-electron chi connectivity index (χ3n) is 1.38. The van der Waals surface area contributed by atoms with E-state index in [1.54, 1.807) is 6.92 Å². The Bertz CT molecular complexity index is 141. The normalized spacial score (nSPS) is 12.5. The van der Waals surface area contributed by atoms with Gasteiger partial charge >= 0.3 is 0 Å². The SMILES string of the molecule is CC(S)C(=O)NCCCOCCO. The molecule has 2 N–H and O–H groups in total. The summed E-state index contributed by atoms with van der Waals surface area (Å²) in [5, 5.41) is 10.8. The Hall–Kier alpha value is -0.260. The molecule has 0 saturated carbocycles. The highest BCUT2D eigenvalue weighted by molar-refractivity contribution is 7.81. The van der Waals surface area contributed by atoms with Gasteiger partial charge in [-0.25, -0.2) is 0 Å². The molecule has 1 unspecified atom stereocenters. The molecule has 5 heteroatoms. The van der Waals surface area contributed by atoms with Crippen LogP contribution in [0.1, 0.15) is 13.3 Å². The minimum absolute atomic E-state index is 0.0417. The number of amides is 1. The molecule has 13 heavy (non-hydrogen) atoms. The molecule has 0 aliphatic heterocycles. The summed E-state index contributed by atoms with van der Waals surface area (Å²) in [6, 6.07) is 0. The number of hydrogen-bond acceptors (Lipinski definition) is 4. The van der Waals surface area contributed by atoms with Crippen LogP contribution in [-0.4, -0.2) is 42.6 Å². The van der Waals surface area contributed by atoms with Gasteiger partial charge in [-0.2, -0.15) is 12.6 Å². The van der Waals surface area contributed by atoms with Gasteiger partial charge in [0.2, 0.25) is 5.91 Å². The summed E-state index contributed by atoms with van der Waals surface area (Å²) in [5.41, 5.74) is 0. The van der Waals surface area contributed by atoms with Gasteiger partial charge in [-0.15, -0.1) is 0 Å². The van der Waals surface area contributed by atoms with E-state index in [1.165, 1.54) is 0 Å². The molecule has 1 amide bonds. The maximum absolute atomic E-state index is 11.0. The molecule has 0 rings (SSSR count). The van der Waals surface area contributed by atoms with Crippen LogP contribution in [0.25, 0.3) is 0 Å². The van der Waals surface area contributed by atoms with Gasteiger partial charge in [0.15, 0.2) is 0 Å². The summed E-state index contributed by atoms with van der Waals surface area (Å²) in [6.07, 6.45) is 0.756. The minimum Gasteiger partial charge on any atom is -0.394 e. The average molecular weight is 207 g/mol. The first kappa shape index (κ1) is 12.7. The number of nitrogens with one attached hydrogen (secondary N) is 1. The van der Waals surface area contributed by atoms with E-state index in [0.29, 0.717) is 19.8 Å². The van der Waals surface area contributed by atoms with Crippen molar-refractivity contribution in [1.82, 2.24) is 5.32 Å². The van der Waals surface area contributed by atoms with E-state index < -0.39 is 0 Å². The second kappa shape index (κ2) is 8.34. The zero-order valence-corrected chi connectivity index (χ0v) is 8.72. The maximum Gasteiger partial charge on any atom is 0.232 e. The number of thiol groups is 1. The molecule has 78 valence electrons. The quantitative estimate of drug-likeness (QED) is 0.401. The molecule has 0 spiro atoms. The van der Waals surface area contributed by atoms with Crippen molar-refractivity contribution < 1.29 is 14.6 Å². The standard InChI is InChI=1S/C8H17NO3S/c1-7(13)8(11)9-3-2-5-12-6-4-10/h7,10,13H,2-6H2,1H3,(H,9,11). The first-order valence-electron chi connectivity index (χ1n) is 4.33. The Kier molecular flexibility index (Phi) is 8.18. The van der Waals surface area contributed by atoms with E-state index in [0.717, 1.165) is 6.42 Å². The van der Waals surface area contributed by atoms with Gasteiger partial charge in [-0.1, -0.05) is 0 Å². The van der Waals surface area contributed by atoms with Crippen molar-refractivity contribution in [2.45, 2.75) is 18.6 Å². The number of carbonyl (C=O) groups excluding carboxylic acids is 1. The van der Waals surface area contributed by atoms with Crippen LogP contribution in [0.3, 0.4) is 0 Å². The van der Waals surface area contributed by atoms with Gasteiger partial charge in [0.25, 0.3) is 0 Å². The van der Waals surface area contributed by atoms with E-state index in [1.807, 2.05) is 0 Å². The van der Waals surface area contributed by atoms with Gasteiger partial charge in [-0.3, -0.25) is 4.79 Å². The second-order valence-corrected chi connectivity index (χ2v) is 3.43. The lowest BCUT2D eigenvalue weighted by molar-refractivity contribution is -0.120. The van der Waals surface area contributed by atoms with Crippen LogP contribution in [0.4, 0.5) is 0 Å². The highest BCUT2D eigenvalue weighted by Crippen LogP contribution is 1.91. The van der Waals surface area contributed by atoms with Gasteiger partial charge in [0.1, 0.15) is 0 Å². The summed E-state index contributed by atoms with van der Waals surface area (Å²) in [4.78, 5) is 11.0. The van der Waals surface area contributed by atoms with E-state index in [9.17, 15) is 4.79 Å². The number of aliphatic hydroxyl groups excluding tert-OH is 1. The largest absolute Gasteiger partial charge is 0.394 e. The van der Waals surface area contributed by atoms with Crippen molar-refractivity contribution in [2.75, 3.05) is 26.4 Å². The van der Waals surface area contributed by atoms with E-state index in [4.69, 9.17) is 9.84 Å². The molecule has 0 aromatic rings. The van der Waals surface area contributed by atoms with Crippen molar-refractivity contribution >= 4 is 18.5 Å². The molecule has 4 nitrogen and oxygen atoms in total. The smallest absolute Gasteiger partial charge is 0.232 e. The van der Waals surface area contributed by atoms with E-state index >= 15 is 0 Å². The molecule has 0 aromatic heterocycles. The lowest BCUT2D eigenvalue weighted by Gasteiger charge is -2.06. The zero-order chi connectivity index (χ0) is 10.1. The molecule has 0 aliphatic rings. The minimum atomic E-state index is -0.265. The zero-order valence-electron chi connectivity index (χ0n) is 7.82. The topological polar surface area (TPSA) is 58.6 Å². The predicted octanol–water partition coefficient (Wildman–Crippen LogP) is -0.180. The van der Waals surface area contributed by atoms with Crippen LogP contribution < -0.4 is 5.32 Å². The van der Waals surface area contributed by atoms with Gasteiger partial charge in [0, 0.05) is 13.2 Å². The molecular formula is C8H17NO3S. The lowest BCUT2D eigenvalue weighted by Crippen LogP contribution is -2.31. The van der Waals surface area contributed by atoms with Crippen molar-refractivity contribution in [1.29, 1.82) is 0 Å². The van der Waals surface area contributed by atoms with Crippen LogP contribution in [0.5, 0.6) is 0 Å². The highest BCUT2D eigenvalue weighted by atomic mass is 32.1. The average Bonchev–Trinajstić information content (AvgIpc) is 2.10. The number of carbonyl (C=O) groups is 1. The Morgan fingerprint density at radius 2 is 2.31 bits per heavy atom. The Balaban J connectivity index is 3.12. The molecule has 0 saturated heterocycles. The van der Waals surface area contributed by atoms with Crippen LogP contribution in [0.2, 0.25) is 0 Å². The van der Waals surface area contributed by atoms with Crippen LogP contribution in [0.15, 0.2) is 0 Å². The third kappa shape index (κ3) is 8.08. The van der Waals surface area contributed by atoms with Crippen LogP contribution in [-0.2, 0) is 9.53 Å². The summed E-state index contributed by atoms with van der Waals surface area (Å²) in [6.45, 7) is 3.27. The molecule has 0 bridgehead atoms. The summed E-state index contributed by atoms with van der Waals surface area (Å²) in [5.74, 6) is -0.0644. The predicted molar refractivity (Wildman–Crippen MR) is 54.0 cm³/mol. The van der Waals surface area contributed by atoms with Gasteiger partial charge in [-0.05, 0) is 13.3 Å². The molecule has 0 aliphatic carbocycles. The van der Waals surface area contributed by atoms with Crippen molar-refractivity contribution in [3.63, 3.8) is 0 Å². The van der Waals surface area contributed by atoms with Gasteiger partial charge in [0.05, 0.1) is 18.5 Å². The molecule has 0 radical (unpaired) electrons. The molecular weight excluding hydrogens is 190 g/mol. The van der Waals surface area contributed by atoms with E-state index in [-0.39, 0.29) is 17.8 Å². The second-order valence-electron chi connectivity index (χ2n) is 2.66. The Labute approximate surface area is 84.1 Å². The Morgan fingerprint density at radius 1 is 1.62 bits per heavy atom. The first-order valence-corrected chi connectivity index (χ1v) is 4.84. The lowest BCUT2D eigenvalue weighted by atomic mass is 10.4. The Morgan fingerprint density at radius 3 is 2.85 bits per heavy atom. The first-order chi connectivity index (χ1) is 6.18. The summed E-state index contributed by atoms with van der Waals surface area (Å²) < 4.78 is 5.00. The summed E-state index contributed by atoms with van der Waals surface area (Å²) in [7, 11) is 0. The van der Waals surface area contributed by atoms with Crippen molar-refractivity contribution in [3.8, 4) is 0 Å².